The van der Waals surface area contributed by atoms with Crippen molar-refractivity contribution in [3.05, 3.63) is 73.3 Å². The van der Waals surface area contributed by atoms with Crippen LogP contribution >= 0.6 is 23.6 Å². The number of nitro benzene ring substituents is 2. The summed E-state index contributed by atoms with van der Waals surface area (Å²) in [7, 11) is 0. The van der Waals surface area contributed by atoms with Crippen LogP contribution in [0.1, 0.15) is 12.5 Å². The zero-order chi connectivity index (χ0) is 17.7. The normalized spacial score (nSPS) is 11.9. The van der Waals surface area contributed by atoms with Gasteiger partial charge in [0, 0.05) is 23.1 Å². The van der Waals surface area contributed by atoms with Crippen molar-refractivity contribution in [3.8, 4) is 0 Å². The molecule has 2 rings (SSSR count). The van der Waals surface area contributed by atoms with Crippen LogP contribution in [0.4, 0.5) is 11.4 Å². The van der Waals surface area contributed by atoms with Crippen LogP contribution in [-0.2, 0) is 10.6 Å². The van der Waals surface area contributed by atoms with Gasteiger partial charge in [0.05, 0.1) is 22.0 Å². The van der Waals surface area contributed by atoms with E-state index in [1.54, 1.807) is 12.1 Å². The highest BCUT2D eigenvalue weighted by molar-refractivity contribution is 7.94. The lowest BCUT2D eigenvalue weighted by Crippen LogP contribution is -2.07. The first-order valence-electron chi connectivity index (χ1n) is 6.87. The summed E-state index contributed by atoms with van der Waals surface area (Å²) in [5.74, 6) is 0. The molecule has 0 unspecified atom stereocenters. The van der Waals surface area contributed by atoms with Crippen molar-refractivity contribution in [2.45, 2.75) is 24.3 Å². The van der Waals surface area contributed by atoms with Gasteiger partial charge in [-0.05, 0) is 37.1 Å². The molecular formula is C15H13ClN2O5S. The molecule has 0 aliphatic carbocycles. The predicted octanol–water partition coefficient (Wildman–Crippen LogP) is 4.81. The summed E-state index contributed by atoms with van der Waals surface area (Å²) in [5.41, 5.74) is 0.332. The second-order valence-corrected chi connectivity index (χ2v) is 6.22. The van der Waals surface area contributed by atoms with Crippen molar-refractivity contribution < 1.29 is 14.0 Å². The van der Waals surface area contributed by atoms with Crippen molar-refractivity contribution in [3.63, 3.8) is 0 Å². The van der Waals surface area contributed by atoms with E-state index in [-0.39, 0.29) is 22.4 Å². The standard InChI is InChI=1S/C15H13ClN2O5S/c1-10(8-11-2-4-12(16)5-3-11)23-24-15-7-6-13(17(19)20)9-14(15)18(21)22/h2-7,9-10H,8H2,1H3/t10-/m1/s1. The van der Waals surface area contributed by atoms with Crippen LogP contribution in [-0.4, -0.2) is 16.0 Å². The molecule has 126 valence electrons. The lowest BCUT2D eigenvalue weighted by atomic mass is 10.1. The number of nitro groups is 2. The van der Waals surface area contributed by atoms with Crippen LogP contribution in [0.5, 0.6) is 0 Å². The van der Waals surface area contributed by atoms with Gasteiger partial charge in [-0.15, -0.1) is 0 Å². The SMILES string of the molecule is C[C@H](Cc1ccc(Cl)cc1)OSc1ccc([N+](=O)[O-])cc1[N+](=O)[O-]. The summed E-state index contributed by atoms with van der Waals surface area (Å²) in [4.78, 5) is 20.7. The fourth-order valence-electron chi connectivity index (χ4n) is 1.95. The zero-order valence-corrected chi connectivity index (χ0v) is 14.1. The van der Waals surface area contributed by atoms with Crippen molar-refractivity contribution in [1.82, 2.24) is 0 Å². The Morgan fingerprint density at radius 2 is 1.79 bits per heavy atom. The Kier molecular flexibility index (Phi) is 6.13. The van der Waals surface area contributed by atoms with E-state index in [0.717, 1.165) is 23.7 Å². The van der Waals surface area contributed by atoms with E-state index in [0.29, 0.717) is 11.4 Å². The molecule has 0 saturated carbocycles. The summed E-state index contributed by atoms with van der Waals surface area (Å²) in [6.07, 6.45) is 0.385. The number of halogens is 1. The third-order valence-electron chi connectivity index (χ3n) is 3.09. The first kappa shape index (κ1) is 18.2. The molecule has 0 radical (unpaired) electrons. The molecule has 7 nitrogen and oxygen atoms in total. The number of hydrogen-bond donors (Lipinski definition) is 0. The van der Waals surface area contributed by atoms with Crippen LogP contribution in [0.3, 0.4) is 0 Å². The van der Waals surface area contributed by atoms with Gasteiger partial charge in [-0.3, -0.25) is 20.2 Å². The van der Waals surface area contributed by atoms with Gasteiger partial charge in [-0.25, -0.2) is 0 Å². The highest BCUT2D eigenvalue weighted by atomic mass is 35.5. The van der Waals surface area contributed by atoms with E-state index in [4.69, 9.17) is 15.8 Å². The summed E-state index contributed by atoms with van der Waals surface area (Å²) in [6.45, 7) is 1.83. The van der Waals surface area contributed by atoms with Gasteiger partial charge in [-0.1, -0.05) is 23.7 Å². The molecule has 0 saturated heterocycles. The van der Waals surface area contributed by atoms with E-state index in [1.807, 2.05) is 19.1 Å². The van der Waals surface area contributed by atoms with Crippen molar-refractivity contribution in [2.24, 2.45) is 0 Å². The Morgan fingerprint density at radius 1 is 1.12 bits per heavy atom. The summed E-state index contributed by atoms with van der Waals surface area (Å²) in [5, 5.41) is 22.4. The van der Waals surface area contributed by atoms with Crippen molar-refractivity contribution in [2.75, 3.05) is 0 Å². The minimum absolute atomic E-state index is 0.216. The Labute approximate surface area is 147 Å². The first-order valence-corrected chi connectivity index (χ1v) is 7.99. The summed E-state index contributed by atoms with van der Waals surface area (Å²) in [6, 6.07) is 10.8. The molecule has 0 aromatic heterocycles. The van der Waals surface area contributed by atoms with Crippen LogP contribution in [0.2, 0.25) is 5.02 Å². The van der Waals surface area contributed by atoms with Gasteiger partial charge in [0.15, 0.2) is 0 Å². The highest BCUT2D eigenvalue weighted by Gasteiger charge is 2.21. The van der Waals surface area contributed by atoms with E-state index >= 15 is 0 Å². The number of nitrogens with zero attached hydrogens (tertiary/aromatic N) is 2. The van der Waals surface area contributed by atoms with Crippen LogP contribution in [0.25, 0.3) is 0 Å². The van der Waals surface area contributed by atoms with Gasteiger partial charge in [0.25, 0.3) is 11.4 Å². The maximum absolute atomic E-state index is 11.1. The molecule has 2 aromatic carbocycles. The molecule has 0 fully saturated rings. The maximum Gasteiger partial charge on any atom is 0.292 e. The molecule has 0 aliphatic heterocycles. The predicted molar refractivity (Wildman–Crippen MR) is 91.3 cm³/mol. The maximum atomic E-state index is 11.1. The Bertz CT molecular complexity index is 754. The molecule has 0 N–H and O–H groups in total. The zero-order valence-electron chi connectivity index (χ0n) is 12.5. The minimum atomic E-state index is -0.675. The largest absolute Gasteiger partial charge is 0.307 e. The third-order valence-corrected chi connectivity index (χ3v) is 4.29. The monoisotopic (exact) mass is 368 g/mol. The Balaban J connectivity index is 2.03. The smallest absolute Gasteiger partial charge is 0.292 e. The molecule has 24 heavy (non-hydrogen) atoms. The second-order valence-electron chi connectivity index (χ2n) is 4.99. The van der Waals surface area contributed by atoms with Crippen LogP contribution < -0.4 is 0 Å². The fourth-order valence-corrected chi connectivity index (χ4v) is 2.76. The fraction of sp³-hybridized carbons (Fsp3) is 0.200. The molecule has 0 aliphatic rings. The molecule has 9 heteroatoms. The van der Waals surface area contributed by atoms with Crippen LogP contribution in [0.15, 0.2) is 47.4 Å². The van der Waals surface area contributed by atoms with E-state index < -0.39 is 9.85 Å². The quantitative estimate of drug-likeness (QED) is 0.395. The second kappa shape index (κ2) is 8.09. The number of non-ortho nitro benzene ring substituents is 1. The van der Waals surface area contributed by atoms with Crippen molar-refractivity contribution >= 4 is 35.0 Å². The Hall–Kier alpha value is -2.16. The summed E-state index contributed by atoms with van der Waals surface area (Å²) < 4.78 is 5.56. The lowest BCUT2D eigenvalue weighted by Gasteiger charge is -2.12. The Morgan fingerprint density at radius 3 is 2.38 bits per heavy atom. The van der Waals surface area contributed by atoms with E-state index in [2.05, 4.69) is 0 Å². The van der Waals surface area contributed by atoms with Gasteiger partial charge in [0.1, 0.15) is 4.90 Å². The molecule has 2 aromatic rings. The van der Waals surface area contributed by atoms with Gasteiger partial charge >= 0.3 is 0 Å². The van der Waals surface area contributed by atoms with Gasteiger partial charge in [-0.2, -0.15) is 0 Å². The average Bonchev–Trinajstić information content (AvgIpc) is 2.54. The molecule has 0 amide bonds. The first-order chi connectivity index (χ1) is 11.4. The van der Waals surface area contributed by atoms with Crippen molar-refractivity contribution in [1.29, 1.82) is 0 Å². The number of benzene rings is 2. The molecule has 0 spiro atoms. The van der Waals surface area contributed by atoms with Gasteiger partial charge < -0.3 is 4.18 Å². The molecule has 0 bridgehead atoms. The van der Waals surface area contributed by atoms with Gasteiger partial charge in [0.2, 0.25) is 0 Å². The number of hydrogen-bond acceptors (Lipinski definition) is 6. The average molecular weight is 369 g/mol. The minimum Gasteiger partial charge on any atom is -0.307 e. The lowest BCUT2D eigenvalue weighted by molar-refractivity contribution is -0.396. The molecular weight excluding hydrogens is 356 g/mol. The van der Waals surface area contributed by atoms with E-state index in [9.17, 15) is 20.2 Å². The highest BCUT2D eigenvalue weighted by Crippen LogP contribution is 2.34. The van der Waals surface area contributed by atoms with E-state index in [1.165, 1.54) is 12.1 Å². The molecule has 1 atom stereocenters. The van der Waals surface area contributed by atoms with Crippen LogP contribution in [0, 0.1) is 20.2 Å². The number of rotatable bonds is 7. The molecule has 0 heterocycles. The third kappa shape index (κ3) is 4.92. The summed E-state index contributed by atoms with van der Waals surface area (Å²) >= 11 is 6.66. The topological polar surface area (TPSA) is 95.5 Å².